The molecule has 5 nitrogen and oxygen atoms in total. The van der Waals surface area contributed by atoms with Crippen LogP contribution in [0.3, 0.4) is 0 Å². The van der Waals surface area contributed by atoms with Crippen molar-refractivity contribution < 1.29 is 14.7 Å². The van der Waals surface area contributed by atoms with Crippen LogP contribution in [-0.2, 0) is 6.42 Å². The van der Waals surface area contributed by atoms with Gasteiger partial charge in [-0.1, -0.05) is 78.9 Å². The Morgan fingerprint density at radius 3 is 1.93 bits per heavy atom. The quantitative estimate of drug-likeness (QED) is 0.492. The van der Waals surface area contributed by atoms with E-state index in [9.17, 15) is 14.7 Å². The highest BCUT2D eigenvalue weighted by Gasteiger charge is 2.26. The van der Waals surface area contributed by atoms with Gasteiger partial charge in [-0.25, -0.2) is 9.48 Å². The van der Waals surface area contributed by atoms with E-state index in [1.807, 2.05) is 66.7 Å². The zero-order valence-corrected chi connectivity index (χ0v) is 15.5. The van der Waals surface area contributed by atoms with Crippen LogP contribution in [0.5, 0.6) is 0 Å². The van der Waals surface area contributed by atoms with Crippen LogP contribution in [0.15, 0.2) is 91.0 Å². The summed E-state index contributed by atoms with van der Waals surface area (Å²) in [5.74, 6) is -1.28. The van der Waals surface area contributed by atoms with Crippen molar-refractivity contribution in [1.82, 2.24) is 9.78 Å². The number of hydrogen-bond acceptors (Lipinski definition) is 3. The predicted octanol–water partition coefficient (Wildman–Crippen LogP) is 4.66. The normalized spacial score (nSPS) is 10.6. The number of carbonyl (C=O) groups excluding carboxylic acids is 1. The van der Waals surface area contributed by atoms with Crippen LogP contribution < -0.4 is 0 Å². The van der Waals surface area contributed by atoms with Gasteiger partial charge in [-0.2, -0.15) is 5.10 Å². The van der Waals surface area contributed by atoms with Crippen molar-refractivity contribution in [3.8, 4) is 16.9 Å². The van der Waals surface area contributed by atoms with E-state index < -0.39 is 5.97 Å². The Morgan fingerprint density at radius 2 is 1.34 bits per heavy atom. The summed E-state index contributed by atoms with van der Waals surface area (Å²) in [6.45, 7) is 0. The zero-order chi connectivity index (χ0) is 20.2. The van der Waals surface area contributed by atoms with Crippen LogP contribution in [0.2, 0.25) is 0 Å². The molecule has 0 aliphatic heterocycles. The maximum absolute atomic E-state index is 12.7. The molecule has 29 heavy (non-hydrogen) atoms. The van der Waals surface area contributed by atoms with Crippen molar-refractivity contribution in [3.63, 3.8) is 0 Å². The standard InChI is InChI=1S/C24H18N2O3/c27-21(17-10-4-1-5-11-17)16-20-22(24(28)29)23(18-12-6-2-7-13-18)26(25-20)19-14-8-3-9-15-19/h1-15H,16H2,(H,28,29). The molecular weight excluding hydrogens is 364 g/mol. The van der Waals surface area contributed by atoms with Gasteiger partial charge < -0.3 is 5.11 Å². The topological polar surface area (TPSA) is 72.2 Å². The molecule has 4 aromatic rings. The van der Waals surface area contributed by atoms with Gasteiger partial charge in [0.05, 0.1) is 23.5 Å². The van der Waals surface area contributed by atoms with E-state index in [1.165, 1.54) is 0 Å². The lowest BCUT2D eigenvalue weighted by Crippen LogP contribution is -2.08. The number of rotatable bonds is 6. The molecule has 0 atom stereocenters. The summed E-state index contributed by atoms with van der Waals surface area (Å²) in [5.41, 5.74) is 2.73. The van der Waals surface area contributed by atoms with Crippen LogP contribution in [0.1, 0.15) is 26.4 Å². The summed E-state index contributed by atoms with van der Waals surface area (Å²) in [6.07, 6.45) is -0.0920. The minimum atomic E-state index is -1.11. The number of aromatic nitrogens is 2. The van der Waals surface area contributed by atoms with Gasteiger partial charge in [-0.15, -0.1) is 0 Å². The Bertz CT molecular complexity index is 1150. The first kappa shape index (κ1) is 18.4. The van der Waals surface area contributed by atoms with Crippen LogP contribution in [0.4, 0.5) is 0 Å². The fourth-order valence-electron chi connectivity index (χ4n) is 3.31. The molecule has 0 saturated carbocycles. The van der Waals surface area contributed by atoms with E-state index in [0.29, 0.717) is 11.3 Å². The van der Waals surface area contributed by atoms with Crippen molar-refractivity contribution in [2.75, 3.05) is 0 Å². The van der Waals surface area contributed by atoms with Crippen LogP contribution >= 0.6 is 0 Å². The molecule has 0 radical (unpaired) electrons. The third-order valence-corrected chi connectivity index (χ3v) is 4.64. The Hall–Kier alpha value is -3.99. The average Bonchev–Trinajstić information content (AvgIpc) is 3.15. The second-order valence-corrected chi connectivity index (χ2v) is 6.55. The third-order valence-electron chi connectivity index (χ3n) is 4.64. The number of para-hydroxylation sites is 1. The third kappa shape index (κ3) is 3.71. The zero-order valence-electron chi connectivity index (χ0n) is 15.5. The van der Waals surface area contributed by atoms with Crippen molar-refractivity contribution in [2.24, 2.45) is 0 Å². The first-order valence-corrected chi connectivity index (χ1v) is 9.19. The molecule has 0 saturated heterocycles. The van der Waals surface area contributed by atoms with E-state index in [0.717, 1.165) is 11.3 Å². The monoisotopic (exact) mass is 382 g/mol. The van der Waals surface area contributed by atoms with E-state index in [1.54, 1.807) is 28.9 Å². The number of carboxylic acid groups (broad SMARTS) is 1. The van der Waals surface area contributed by atoms with Gasteiger partial charge >= 0.3 is 5.97 Å². The summed E-state index contributed by atoms with van der Waals surface area (Å²) in [7, 11) is 0. The lowest BCUT2D eigenvalue weighted by atomic mass is 10.0. The maximum atomic E-state index is 12.7. The van der Waals surface area contributed by atoms with Crippen molar-refractivity contribution >= 4 is 11.8 Å². The molecule has 0 fully saturated rings. The van der Waals surface area contributed by atoms with Crippen LogP contribution in [0.25, 0.3) is 16.9 Å². The summed E-state index contributed by atoms with van der Waals surface area (Å²) in [6, 6.07) is 27.4. The highest BCUT2D eigenvalue weighted by atomic mass is 16.4. The van der Waals surface area contributed by atoms with E-state index in [-0.39, 0.29) is 23.5 Å². The number of nitrogens with zero attached hydrogens (tertiary/aromatic N) is 2. The lowest BCUT2D eigenvalue weighted by Gasteiger charge is -2.08. The molecule has 0 unspecified atom stereocenters. The number of aromatic carboxylic acids is 1. The van der Waals surface area contributed by atoms with Crippen LogP contribution in [-0.4, -0.2) is 26.6 Å². The lowest BCUT2D eigenvalue weighted by molar-refractivity contribution is 0.0697. The fraction of sp³-hybridized carbons (Fsp3) is 0.0417. The number of hydrogen-bond donors (Lipinski definition) is 1. The van der Waals surface area contributed by atoms with Gasteiger partial charge in [0.15, 0.2) is 5.78 Å². The molecular formula is C24H18N2O3. The highest BCUT2D eigenvalue weighted by Crippen LogP contribution is 2.30. The van der Waals surface area contributed by atoms with Crippen molar-refractivity contribution in [2.45, 2.75) is 6.42 Å². The number of Topliss-reactive ketones (excluding diaryl/α,β-unsaturated/α-hetero) is 1. The first-order valence-electron chi connectivity index (χ1n) is 9.19. The van der Waals surface area contributed by atoms with Gasteiger partial charge in [0.25, 0.3) is 0 Å². The number of ketones is 1. The summed E-state index contributed by atoms with van der Waals surface area (Å²) < 4.78 is 1.60. The van der Waals surface area contributed by atoms with Gasteiger partial charge in [0.2, 0.25) is 0 Å². The predicted molar refractivity (Wildman–Crippen MR) is 110 cm³/mol. The molecule has 0 aliphatic carbocycles. The Morgan fingerprint density at radius 1 is 0.793 bits per heavy atom. The first-order chi connectivity index (χ1) is 14.1. The molecule has 0 spiro atoms. The summed E-state index contributed by atoms with van der Waals surface area (Å²) in [5, 5.41) is 14.5. The largest absolute Gasteiger partial charge is 0.478 e. The fourth-order valence-corrected chi connectivity index (χ4v) is 3.31. The number of carbonyl (C=O) groups is 2. The van der Waals surface area contributed by atoms with Gasteiger partial charge in [-0.3, -0.25) is 4.79 Å². The molecule has 1 aromatic heterocycles. The van der Waals surface area contributed by atoms with Crippen molar-refractivity contribution in [3.05, 3.63) is 108 Å². The van der Waals surface area contributed by atoms with E-state index in [2.05, 4.69) is 5.10 Å². The Balaban J connectivity index is 1.89. The summed E-state index contributed by atoms with van der Waals surface area (Å²) >= 11 is 0. The molecule has 1 heterocycles. The molecule has 5 heteroatoms. The second-order valence-electron chi connectivity index (χ2n) is 6.55. The molecule has 4 rings (SSSR count). The molecule has 0 bridgehead atoms. The van der Waals surface area contributed by atoms with E-state index >= 15 is 0 Å². The van der Waals surface area contributed by atoms with E-state index in [4.69, 9.17) is 0 Å². The molecule has 1 N–H and O–H groups in total. The van der Waals surface area contributed by atoms with Gasteiger partial charge in [0.1, 0.15) is 5.56 Å². The number of benzene rings is 3. The molecule has 3 aromatic carbocycles. The SMILES string of the molecule is O=C(Cc1nn(-c2ccccc2)c(-c2ccccc2)c1C(=O)O)c1ccccc1. The average molecular weight is 382 g/mol. The molecule has 0 amide bonds. The Labute approximate surface area is 167 Å². The van der Waals surface area contributed by atoms with Gasteiger partial charge in [-0.05, 0) is 12.1 Å². The smallest absolute Gasteiger partial charge is 0.339 e. The Kier molecular flexibility index (Phi) is 5.03. The van der Waals surface area contributed by atoms with Crippen LogP contribution in [0, 0.1) is 0 Å². The molecule has 0 aliphatic rings. The minimum Gasteiger partial charge on any atom is -0.478 e. The van der Waals surface area contributed by atoms with Crippen molar-refractivity contribution in [1.29, 1.82) is 0 Å². The van der Waals surface area contributed by atoms with Gasteiger partial charge in [0, 0.05) is 11.1 Å². The minimum absolute atomic E-state index is 0.0457. The second kappa shape index (κ2) is 7.94. The highest BCUT2D eigenvalue weighted by molar-refractivity contribution is 6.01. The number of carboxylic acids is 1. The summed E-state index contributed by atoms with van der Waals surface area (Å²) in [4.78, 5) is 25.0. The molecule has 142 valence electrons. The maximum Gasteiger partial charge on any atom is 0.339 e.